The van der Waals surface area contributed by atoms with E-state index in [4.69, 9.17) is 0 Å². The molecule has 1 N–H and O–H groups in total. The van der Waals surface area contributed by atoms with Crippen LogP contribution < -0.4 is 5.32 Å². The molecule has 0 saturated carbocycles. The monoisotopic (exact) mass is 362 g/mol. The molecule has 1 aliphatic heterocycles. The molecular weight excluding hydrogens is 332 g/mol. The van der Waals surface area contributed by atoms with Crippen molar-refractivity contribution in [1.29, 1.82) is 0 Å². The van der Waals surface area contributed by atoms with E-state index in [1.807, 2.05) is 4.90 Å². The SMILES string of the molecule is CC1(c2ccccc2)CCCN(C(=O)NCC2CCCc3ccccc32)C1. The fourth-order valence-corrected chi connectivity index (χ4v) is 4.88. The Kier molecular flexibility index (Phi) is 5.20. The third-order valence-electron chi connectivity index (χ3n) is 6.45. The van der Waals surface area contributed by atoms with Crippen molar-refractivity contribution in [3.8, 4) is 0 Å². The standard InChI is InChI=1S/C24H30N2O/c1-24(21-12-3-2-4-13-21)15-8-16-26(18-24)23(27)25-17-20-11-7-10-19-9-5-6-14-22(19)20/h2-6,9,12-14,20H,7-8,10-11,15-18H2,1H3,(H,25,27). The van der Waals surface area contributed by atoms with Gasteiger partial charge in [0.1, 0.15) is 0 Å². The fraction of sp³-hybridized carbons (Fsp3) is 0.458. The molecule has 3 nitrogen and oxygen atoms in total. The normalized spacial score (nSPS) is 24.9. The summed E-state index contributed by atoms with van der Waals surface area (Å²) in [5.74, 6) is 0.448. The van der Waals surface area contributed by atoms with Gasteiger partial charge in [0.2, 0.25) is 0 Å². The van der Waals surface area contributed by atoms with Crippen molar-refractivity contribution in [3.63, 3.8) is 0 Å². The van der Waals surface area contributed by atoms with Crippen molar-refractivity contribution < 1.29 is 4.79 Å². The molecule has 2 unspecified atom stereocenters. The van der Waals surface area contributed by atoms with Crippen LogP contribution in [-0.4, -0.2) is 30.6 Å². The molecule has 0 spiro atoms. The van der Waals surface area contributed by atoms with E-state index >= 15 is 0 Å². The molecule has 1 saturated heterocycles. The highest BCUT2D eigenvalue weighted by molar-refractivity contribution is 5.74. The highest BCUT2D eigenvalue weighted by Gasteiger charge is 2.34. The molecule has 1 heterocycles. The number of hydrogen-bond donors (Lipinski definition) is 1. The Hall–Kier alpha value is -2.29. The molecule has 3 heteroatoms. The van der Waals surface area contributed by atoms with Crippen LogP contribution in [0.15, 0.2) is 54.6 Å². The van der Waals surface area contributed by atoms with Crippen LogP contribution in [-0.2, 0) is 11.8 Å². The number of carbonyl (C=O) groups is 1. The summed E-state index contributed by atoms with van der Waals surface area (Å²) in [6.07, 6.45) is 5.75. The van der Waals surface area contributed by atoms with E-state index in [0.717, 1.165) is 32.5 Å². The maximum Gasteiger partial charge on any atom is 0.317 e. The number of aryl methyl sites for hydroxylation is 1. The van der Waals surface area contributed by atoms with Crippen LogP contribution in [0, 0.1) is 0 Å². The van der Waals surface area contributed by atoms with Crippen molar-refractivity contribution >= 4 is 6.03 Å². The van der Waals surface area contributed by atoms with E-state index in [9.17, 15) is 4.79 Å². The Morgan fingerprint density at radius 3 is 2.74 bits per heavy atom. The van der Waals surface area contributed by atoms with Crippen LogP contribution in [0.1, 0.15) is 55.2 Å². The summed E-state index contributed by atoms with van der Waals surface area (Å²) in [5.41, 5.74) is 4.27. The first-order chi connectivity index (χ1) is 13.2. The van der Waals surface area contributed by atoms with Crippen LogP contribution in [0.2, 0.25) is 0 Å². The molecule has 2 aromatic carbocycles. The van der Waals surface area contributed by atoms with Gasteiger partial charge in [0, 0.05) is 31.0 Å². The van der Waals surface area contributed by atoms with E-state index in [2.05, 4.69) is 66.8 Å². The van der Waals surface area contributed by atoms with E-state index in [1.165, 1.54) is 36.0 Å². The van der Waals surface area contributed by atoms with Crippen molar-refractivity contribution in [3.05, 3.63) is 71.3 Å². The predicted octanol–water partition coefficient (Wildman–Crippen LogP) is 4.87. The summed E-state index contributed by atoms with van der Waals surface area (Å²) in [6.45, 7) is 4.69. The molecule has 2 amide bonds. The molecule has 27 heavy (non-hydrogen) atoms. The maximum absolute atomic E-state index is 12.9. The second kappa shape index (κ2) is 7.75. The molecule has 2 atom stereocenters. The van der Waals surface area contributed by atoms with Gasteiger partial charge in [0.25, 0.3) is 0 Å². The quantitative estimate of drug-likeness (QED) is 0.830. The molecule has 142 valence electrons. The topological polar surface area (TPSA) is 32.3 Å². The zero-order valence-corrected chi connectivity index (χ0v) is 16.3. The third kappa shape index (κ3) is 3.87. The molecule has 2 aliphatic rings. The summed E-state index contributed by atoms with van der Waals surface area (Å²) in [5, 5.41) is 3.24. The van der Waals surface area contributed by atoms with Crippen LogP contribution in [0.5, 0.6) is 0 Å². The Morgan fingerprint density at radius 1 is 1.11 bits per heavy atom. The molecular formula is C24H30N2O. The van der Waals surface area contributed by atoms with Crippen molar-refractivity contribution in [2.24, 2.45) is 0 Å². The Bertz CT molecular complexity index is 788. The van der Waals surface area contributed by atoms with E-state index in [-0.39, 0.29) is 11.4 Å². The third-order valence-corrected chi connectivity index (χ3v) is 6.45. The maximum atomic E-state index is 12.9. The lowest BCUT2D eigenvalue weighted by Crippen LogP contribution is -2.51. The first kappa shape index (κ1) is 18.1. The number of piperidine rings is 1. The number of carbonyl (C=O) groups excluding carboxylic acids is 1. The zero-order valence-electron chi connectivity index (χ0n) is 16.3. The van der Waals surface area contributed by atoms with Gasteiger partial charge in [-0.25, -0.2) is 4.79 Å². The van der Waals surface area contributed by atoms with E-state index in [1.54, 1.807) is 0 Å². The van der Waals surface area contributed by atoms with Gasteiger partial charge in [0.05, 0.1) is 0 Å². The number of nitrogens with one attached hydrogen (secondary N) is 1. The zero-order chi connectivity index (χ0) is 18.7. The Labute approximate surface area is 162 Å². The van der Waals surface area contributed by atoms with Crippen molar-refractivity contribution in [2.75, 3.05) is 19.6 Å². The van der Waals surface area contributed by atoms with E-state index < -0.39 is 0 Å². The average Bonchev–Trinajstić information content (AvgIpc) is 2.72. The minimum atomic E-state index is 0.0499. The van der Waals surface area contributed by atoms with Gasteiger partial charge in [-0.1, -0.05) is 61.5 Å². The number of amides is 2. The summed E-state index contributed by atoms with van der Waals surface area (Å²) in [6, 6.07) is 19.5. The average molecular weight is 363 g/mol. The molecule has 2 aromatic rings. The van der Waals surface area contributed by atoms with Gasteiger partial charge in [-0.05, 0) is 48.8 Å². The molecule has 4 rings (SSSR count). The minimum absolute atomic E-state index is 0.0499. The van der Waals surface area contributed by atoms with Crippen LogP contribution in [0.4, 0.5) is 4.79 Å². The molecule has 0 bridgehead atoms. The van der Waals surface area contributed by atoms with Gasteiger partial charge in [-0.3, -0.25) is 0 Å². The Morgan fingerprint density at radius 2 is 1.89 bits per heavy atom. The largest absolute Gasteiger partial charge is 0.337 e. The van der Waals surface area contributed by atoms with E-state index in [0.29, 0.717) is 5.92 Å². The summed E-state index contributed by atoms with van der Waals surface area (Å²) >= 11 is 0. The smallest absolute Gasteiger partial charge is 0.317 e. The molecule has 0 aromatic heterocycles. The van der Waals surface area contributed by atoms with Gasteiger partial charge in [0.15, 0.2) is 0 Å². The minimum Gasteiger partial charge on any atom is -0.337 e. The Balaban J connectivity index is 1.39. The number of benzene rings is 2. The second-order valence-electron chi connectivity index (χ2n) is 8.43. The number of hydrogen-bond acceptors (Lipinski definition) is 1. The molecule has 1 aliphatic carbocycles. The van der Waals surface area contributed by atoms with Gasteiger partial charge in [-0.15, -0.1) is 0 Å². The summed E-state index contributed by atoms with van der Waals surface area (Å²) in [4.78, 5) is 14.9. The van der Waals surface area contributed by atoms with Gasteiger partial charge < -0.3 is 10.2 Å². The van der Waals surface area contributed by atoms with Crippen LogP contribution >= 0.6 is 0 Å². The molecule has 0 radical (unpaired) electrons. The van der Waals surface area contributed by atoms with Crippen LogP contribution in [0.25, 0.3) is 0 Å². The number of nitrogens with zero attached hydrogens (tertiary/aromatic N) is 1. The van der Waals surface area contributed by atoms with Gasteiger partial charge >= 0.3 is 6.03 Å². The van der Waals surface area contributed by atoms with Crippen molar-refractivity contribution in [1.82, 2.24) is 10.2 Å². The van der Waals surface area contributed by atoms with Crippen molar-refractivity contribution in [2.45, 2.75) is 50.4 Å². The predicted molar refractivity (Wildman–Crippen MR) is 110 cm³/mol. The fourth-order valence-electron chi connectivity index (χ4n) is 4.88. The number of rotatable bonds is 3. The lowest BCUT2D eigenvalue weighted by atomic mass is 9.76. The number of urea groups is 1. The highest BCUT2D eigenvalue weighted by atomic mass is 16.2. The van der Waals surface area contributed by atoms with Crippen LogP contribution in [0.3, 0.4) is 0 Å². The van der Waals surface area contributed by atoms with Gasteiger partial charge in [-0.2, -0.15) is 0 Å². The summed E-state index contributed by atoms with van der Waals surface area (Å²) in [7, 11) is 0. The lowest BCUT2D eigenvalue weighted by molar-refractivity contribution is 0.155. The lowest BCUT2D eigenvalue weighted by Gasteiger charge is -2.41. The molecule has 1 fully saturated rings. The first-order valence-corrected chi connectivity index (χ1v) is 10.3. The number of fused-ring (bicyclic) bond motifs is 1. The number of likely N-dealkylation sites (tertiary alicyclic amines) is 1. The first-order valence-electron chi connectivity index (χ1n) is 10.3. The second-order valence-corrected chi connectivity index (χ2v) is 8.43. The highest BCUT2D eigenvalue weighted by Crippen LogP contribution is 2.34. The summed E-state index contributed by atoms with van der Waals surface area (Å²) < 4.78 is 0.